The van der Waals surface area contributed by atoms with Crippen LogP contribution in [0.15, 0.2) is 12.4 Å². The zero-order valence-corrected chi connectivity index (χ0v) is 11.1. The number of hydrogen-bond acceptors (Lipinski definition) is 4. The predicted molar refractivity (Wildman–Crippen MR) is 69.8 cm³/mol. The third kappa shape index (κ3) is 2.75. The van der Waals surface area contributed by atoms with E-state index in [1.54, 1.807) is 12.4 Å². The first-order valence-corrected chi connectivity index (χ1v) is 6.30. The molecule has 0 saturated carbocycles. The van der Waals surface area contributed by atoms with Crippen molar-refractivity contribution in [2.45, 2.75) is 13.0 Å². The van der Waals surface area contributed by atoms with Crippen molar-refractivity contribution in [3.63, 3.8) is 0 Å². The summed E-state index contributed by atoms with van der Waals surface area (Å²) in [6.07, 6.45) is 2.29. The fourth-order valence-corrected chi connectivity index (χ4v) is 1.95. The molecular weight excluding hydrogens is 277 g/mol. The van der Waals surface area contributed by atoms with Crippen LogP contribution in [0.4, 0.5) is 0 Å². The highest BCUT2D eigenvalue weighted by molar-refractivity contribution is 6.41. The van der Waals surface area contributed by atoms with E-state index in [0.29, 0.717) is 29.2 Å². The number of hydrogen-bond donors (Lipinski definition) is 2. The van der Waals surface area contributed by atoms with Gasteiger partial charge in [-0.3, -0.25) is 0 Å². The molecule has 0 saturated heterocycles. The standard InChI is InChI=1S/C11H13Cl2N3O2/c12-8-3-9-11(15-10(8)13)16(6-14-9)2-1-7(4-17)5-18/h3,6-7,17-18H,1-2,4-5H2. The Morgan fingerprint density at radius 3 is 2.67 bits per heavy atom. The van der Waals surface area contributed by atoms with Crippen LogP contribution in [0.25, 0.3) is 11.2 Å². The smallest absolute Gasteiger partial charge is 0.161 e. The molecule has 0 aliphatic rings. The highest BCUT2D eigenvalue weighted by Crippen LogP contribution is 2.24. The fourth-order valence-electron chi connectivity index (χ4n) is 1.67. The second-order valence-corrected chi connectivity index (χ2v) is 4.83. The predicted octanol–water partition coefficient (Wildman–Crippen LogP) is 1.73. The summed E-state index contributed by atoms with van der Waals surface area (Å²) in [4.78, 5) is 8.36. The Balaban J connectivity index is 2.21. The maximum Gasteiger partial charge on any atom is 0.161 e. The van der Waals surface area contributed by atoms with Crippen molar-refractivity contribution in [2.75, 3.05) is 13.2 Å². The molecule has 0 unspecified atom stereocenters. The molecule has 18 heavy (non-hydrogen) atoms. The molecule has 0 aliphatic heterocycles. The van der Waals surface area contributed by atoms with E-state index in [1.165, 1.54) is 0 Å². The van der Waals surface area contributed by atoms with Crippen molar-refractivity contribution in [3.05, 3.63) is 22.6 Å². The largest absolute Gasteiger partial charge is 0.396 e. The molecule has 0 amide bonds. The summed E-state index contributed by atoms with van der Waals surface area (Å²) < 4.78 is 1.83. The first-order chi connectivity index (χ1) is 8.65. The molecule has 2 heterocycles. The number of aromatic nitrogens is 3. The Labute approximate surface area is 114 Å². The van der Waals surface area contributed by atoms with Crippen LogP contribution in [-0.4, -0.2) is 38.0 Å². The van der Waals surface area contributed by atoms with Crippen LogP contribution >= 0.6 is 23.2 Å². The third-order valence-corrected chi connectivity index (χ3v) is 3.47. The van der Waals surface area contributed by atoms with Gasteiger partial charge in [0.2, 0.25) is 0 Å². The molecule has 2 rings (SSSR count). The zero-order chi connectivity index (χ0) is 13.1. The van der Waals surface area contributed by atoms with Crippen LogP contribution in [0.1, 0.15) is 6.42 Å². The van der Waals surface area contributed by atoms with Gasteiger partial charge in [-0.2, -0.15) is 0 Å². The first-order valence-electron chi connectivity index (χ1n) is 5.54. The number of imidazole rings is 1. The lowest BCUT2D eigenvalue weighted by Crippen LogP contribution is -2.14. The van der Waals surface area contributed by atoms with E-state index >= 15 is 0 Å². The molecule has 0 atom stereocenters. The molecule has 5 nitrogen and oxygen atoms in total. The van der Waals surface area contributed by atoms with Crippen LogP contribution in [0.5, 0.6) is 0 Å². The van der Waals surface area contributed by atoms with E-state index in [2.05, 4.69) is 9.97 Å². The normalized spacial score (nSPS) is 11.6. The average molecular weight is 290 g/mol. The summed E-state index contributed by atoms with van der Waals surface area (Å²) >= 11 is 11.7. The van der Waals surface area contributed by atoms with Crippen molar-refractivity contribution in [1.82, 2.24) is 14.5 Å². The molecule has 2 N–H and O–H groups in total. The Kier molecular flexibility index (Phi) is 4.40. The van der Waals surface area contributed by atoms with Gasteiger partial charge >= 0.3 is 0 Å². The van der Waals surface area contributed by atoms with Crippen molar-refractivity contribution in [1.29, 1.82) is 0 Å². The summed E-state index contributed by atoms with van der Waals surface area (Å²) in [6.45, 7) is 0.527. The minimum Gasteiger partial charge on any atom is -0.396 e. The minimum absolute atomic E-state index is 0.0385. The monoisotopic (exact) mass is 289 g/mol. The quantitative estimate of drug-likeness (QED) is 0.823. The first kappa shape index (κ1) is 13.5. The molecule has 2 aromatic rings. The summed E-state index contributed by atoms with van der Waals surface area (Å²) in [5.41, 5.74) is 1.33. The van der Waals surface area contributed by atoms with Crippen LogP contribution < -0.4 is 0 Å². The number of fused-ring (bicyclic) bond motifs is 1. The summed E-state index contributed by atoms with van der Waals surface area (Å²) in [6, 6.07) is 1.66. The number of nitrogens with zero attached hydrogens (tertiary/aromatic N) is 3. The molecule has 98 valence electrons. The van der Waals surface area contributed by atoms with Gasteiger partial charge in [-0.05, 0) is 12.5 Å². The Morgan fingerprint density at radius 2 is 2.00 bits per heavy atom. The number of aliphatic hydroxyl groups is 2. The van der Waals surface area contributed by atoms with Gasteiger partial charge in [0.15, 0.2) is 5.65 Å². The van der Waals surface area contributed by atoms with Crippen LogP contribution in [0, 0.1) is 5.92 Å². The minimum atomic E-state index is -0.134. The number of aryl methyl sites for hydroxylation is 1. The maximum atomic E-state index is 9.01. The Morgan fingerprint density at radius 1 is 1.28 bits per heavy atom. The lowest BCUT2D eigenvalue weighted by Gasteiger charge is -2.11. The van der Waals surface area contributed by atoms with Crippen LogP contribution in [0.2, 0.25) is 10.2 Å². The number of rotatable bonds is 5. The molecule has 0 radical (unpaired) electrons. The lowest BCUT2D eigenvalue weighted by atomic mass is 10.1. The number of halogens is 2. The third-order valence-electron chi connectivity index (χ3n) is 2.80. The summed E-state index contributed by atoms with van der Waals surface area (Å²) in [5.74, 6) is -0.134. The van der Waals surface area contributed by atoms with Gasteiger partial charge in [0.25, 0.3) is 0 Å². The maximum absolute atomic E-state index is 9.01. The van der Waals surface area contributed by atoms with E-state index in [-0.39, 0.29) is 24.3 Å². The van der Waals surface area contributed by atoms with Crippen molar-refractivity contribution < 1.29 is 10.2 Å². The van der Waals surface area contributed by atoms with Gasteiger partial charge in [-0.1, -0.05) is 23.2 Å². The molecular formula is C11H13Cl2N3O2. The molecule has 0 fully saturated rings. The molecule has 0 aromatic carbocycles. The van der Waals surface area contributed by atoms with E-state index in [1.807, 2.05) is 4.57 Å². The highest BCUT2D eigenvalue weighted by atomic mass is 35.5. The van der Waals surface area contributed by atoms with Gasteiger partial charge in [0, 0.05) is 25.7 Å². The summed E-state index contributed by atoms with van der Waals surface area (Å²) in [5, 5.41) is 18.6. The van der Waals surface area contributed by atoms with Gasteiger partial charge in [0.05, 0.1) is 11.3 Å². The molecule has 2 aromatic heterocycles. The summed E-state index contributed by atoms with van der Waals surface area (Å²) in [7, 11) is 0. The Hall–Kier alpha value is -0.880. The Bertz CT molecular complexity index is 540. The number of pyridine rings is 1. The van der Waals surface area contributed by atoms with Crippen LogP contribution in [-0.2, 0) is 6.54 Å². The van der Waals surface area contributed by atoms with Crippen molar-refractivity contribution >= 4 is 34.4 Å². The zero-order valence-electron chi connectivity index (χ0n) is 9.55. The highest BCUT2D eigenvalue weighted by Gasteiger charge is 2.11. The van der Waals surface area contributed by atoms with Gasteiger partial charge < -0.3 is 14.8 Å². The molecule has 0 aliphatic carbocycles. The van der Waals surface area contributed by atoms with Gasteiger partial charge in [-0.15, -0.1) is 0 Å². The topological polar surface area (TPSA) is 71.2 Å². The van der Waals surface area contributed by atoms with Crippen LogP contribution in [0.3, 0.4) is 0 Å². The molecule has 7 heteroatoms. The SMILES string of the molecule is OCC(CO)CCn1cnc2cc(Cl)c(Cl)nc21. The van der Waals surface area contributed by atoms with E-state index in [9.17, 15) is 0 Å². The lowest BCUT2D eigenvalue weighted by molar-refractivity contribution is 0.140. The van der Waals surface area contributed by atoms with Crippen molar-refractivity contribution in [2.24, 2.45) is 5.92 Å². The van der Waals surface area contributed by atoms with Crippen molar-refractivity contribution in [3.8, 4) is 0 Å². The van der Waals surface area contributed by atoms with E-state index in [0.717, 1.165) is 0 Å². The second-order valence-electron chi connectivity index (χ2n) is 4.06. The molecule has 0 bridgehead atoms. The van der Waals surface area contributed by atoms with E-state index in [4.69, 9.17) is 33.4 Å². The van der Waals surface area contributed by atoms with E-state index < -0.39 is 0 Å². The number of aliphatic hydroxyl groups excluding tert-OH is 2. The van der Waals surface area contributed by atoms with Gasteiger partial charge in [0.1, 0.15) is 10.7 Å². The van der Waals surface area contributed by atoms with Gasteiger partial charge in [-0.25, -0.2) is 9.97 Å². The fraction of sp³-hybridized carbons (Fsp3) is 0.455. The second kappa shape index (κ2) is 5.84. The average Bonchev–Trinajstić information content (AvgIpc) is 2.74. The molecule has 0 spiro atoms.